The maximum absolute atomic E-state index is 4.96. The Morgan fingerprint density at radius 2 is 1.81 bits per heavy atom. The van der Waals surface area contributed by atoms with Crippen LogP contribution in [0.2, 0.25) is 0 Å². The zero-order valence-electron chi connectivity index (χ0n) is 19.3. The third-order valence-electron chi connectivity index (χ3n) is 6.66. The van der Waals surface area contributed by atoms with Gasteiger partial charge in [-0.2, -0.15) is 0 Å². The monoisotopic (exact) mass is 552 g/mol. The van der Waals surface area contributed by atoms with Crippen molar-refractivity contribution in [3.8, 4) is 0 Å². The summed E-state index contributed by atoms with van der Waals surface area (Å²) in [7, 11) is 1.89. The number of aliphatic imine (C=N–C) groups is 1. The minimum atomic E-state index is 0. The van der Waals surface area contributed by atoms with Crippen LogP contribution in [0.3, 0.4) is 0 Å². The van der Waals surface area contributed by atoms with E-state index in [1.807, 2.05) is 13.1 Å². The van der Waals surface area contributed by atoms with Gasteiger partial charge in [0.05, 0.1) is 11.7 Å². The highest BCUT2D eigenvalue weighted by atomic mass is 127. The molecule has 0 amide bonds. The van der Waals surface area contributed by atoms with Crippen LogP contribution in [0.5, 0.6) is 0 Å². The van der Waals surface area contributed by atoms with Crippen LogP contribution in [0.1, 0.15) is 37.1 Å². The van der Waals surface area contributed by atoms with Crippen molar-refractivity contribution in [2.24, 2.45) is 10.9 Å². The molecule has 2 aromatic rings. The molecule has 3 heterocycles. The lowest BCUT2D eigenvalue weighted by Gasteiger charge is -2.39. The van der Waals surface area contributed by atoms with Crippen LogP contribution < -0.4 is 5.32 Å². The number of piperazine rings is 1. The molecule has 2 aliphatic heterocycles. The van der Waals surface area contributed by atoms with Gasteiger partial charge in [0.25, 0.3) is 0 Å². The normalized spacial score (nSPS) is 20.1. The number of guanidine groups is 1. The summed E-state index contributed by atoms with van der Waals surface area (Å²) in [5.41, 5.74) is 2.38. The molecule has 8 heteroatoms. The van der Waals surface area contributed by atoms with Crippen LogP contribution in [0, 0.1) is 5.92 Å². The molecule has 2 aliphatic rings. The second kappa shape index (κ2) is 12.6. The van der Waals surface area contributed by atoms with Gasteiger partial charge in [-0.15, -0.1) is 24.0 Å². The van der Waals surface area contributed by atoms with Crippen molar-refractivity contribution in [2.45, 2.75) is 32.4 Å². The molecule has 2 saturated heterocycles. The Hall–Kier alpha value is -1.65. The summed E-state index contributed by atoms with van der Waals surface area (Å²) in [6.07, 6.45) is 4.21. The molecule has 0 aliphatic carbocycles. The smallest absolute Gasteiger partial charge is 0.193 e. The molecule has 0 bridgehead atoms. The van der Waals surface area contributed by atoms with E-state index in [0.717, 1.165) is 56.8 Å². The van der Waals surface area contributed by atoms with Crippen molar-refractivity contribution >= 4 is 29.9 Å². The van der Waals surface area contributed by atoms with Gasteiger partial charge in [0, 0.05) is 52.4 Å². The number of aromatic nitrogens is 1. The first-order chi connectivity index (χ1) is 15.2. The Bertz CT molecular complexity index is 799. The maximum atomic E-state index is 4.96. The predicted molar refractivity (Wildman–Crippen MR) is 139 cm³/mol. The Kier molecular flexibility index (Phi) is 9.80. The van der Waals surface area contributed by atoms with Crippen LogP contribution in [0.25, 0.3) is 0 Å². The first kappa shape index (κ1) is 25.0. The van der Waals surface area contributed by atoms with Gasteiger partial charge in [-0.05, 0) is 37.4 Å². The van der Waals surface area contributed by atoms with Crippen LogP contribution in [0.4, 0.5) is 0 Å². The third-order valence-corrected chi connectivity index (χ3v) is 6.66. The van der Waals surface area contributed by atoms with Crippen molar-refractivity contribution in [3.63, 3.8) is 0 Å². The van der Waals surface area contributed by atoms with Crippen molar-refractivity contribution in [1.29, 1.82) is 0 Å². The van der Waals surface area contributed by atoms with E-state index in [2.05, 4.69) is 67.4 Å². The number of rotatable bonds is 6. The molecule has 4 rings (SSSR count). The van der Waals surface area contributed by atoms with E-state index < -0.39 is 0 Å². The molecule has 1 aromatic heterocycles. The van der Waals surface area contributed by atoms with Gasteiger partial charge >= 0.3 is 0 Å². The average Bonchev–Trinajstić information content (AvgIpc) is 3.32. The summed E-state index contributed by atoms with van der Waals surface area (Å²) in [5.74, 6) is 1.84. The van der Waals surface area contributed by atoms with Crippen molar-refractivity contribution in [3.05, 3.63) is 53.9 Å². The molecule has 1 atom stereocenters. The molecule has 0 saturated carbocycles. The minimum absolute atomic E-state index is 0. The second-order valence-corrected chi connectivity index (χ2v) is 8.83. The first-order valence-corrected chi connectivity index (χ1v) is 11.6. The molecule has 176 valence electrons. The molecule has 1 unspecified atom stereocenters. The standard InChI is InChI=1S/C24H36N6O.HI/c1-20-8-11-29(12-9-20)23(21-6-4-3-5-7-21)18-26-24(25-2)30-15-13-28(14-16-30)19-22-10-17-31-27-22;/h3-7,10,17,20,23H,8-9,11-16,18-19H2,1-2H3,(H,25,26);1H. The summed E-state index contributed by atoms with van der Waals surface area (Å²) in [6, 6.07) is 13.2. The summed E-state index contributed by atoms with van der Waals surface area (Å²) >= 11 is 0. The SMILES string of the molecule is CN=C(NCC(c1ccccc1)N1CCC(C)CC1)N1CCN(Cc2ccon2)CC1.I. The highest BCUT2D eigenvalue weighted by molar-refractivity contribution is 14.0. The summed E-state index contributed by atoms with van der Waals surface area (Å²) in [6.45, 7) is 10.4. The lowest BCUT2D eigenvalue weighted by atomic mass is 9.95. The molecule has 1 aromatic carbocycles. The van der Waals surface area contributed by atoms with Gasteiger partial charge in [0.15, 0.2) is 5.96 Å². The number of halogens is 1. The minimum Gasteiger partial charge on any atom is -0.364 e. The fourth-order valence-corrected chi connectivity index (χ4v) is 4.66. The predicted octanol–water partition coefficient (Wildman–Crippen LogP) is 3.46. The number of likely N-dealkylation sites (tertiary alicyclic amines) is 1. The summed E-state index contributed by atoms with van der Waals surface area (Å²) < 4.78 is 4.96. The third kappa shape index (κ3) is 6.68. The van der Waals surface area contributed by atoms with Gasteiger partial charge in [-0.1, -0.05) is 42.4 Å². The van der Waals surface area contributed by atoms with Crippen molar-refractivity contribution in [2.75, 3.05) is 52.9 Å². The highest BCUT2D eigenvalue weighted by Crippen LogP contribution is 2.26. The highest BCUT2D eigenvalue weighted by Gasteiger charge is 2.26. The summed E-state index contributed by atoms with van der Waals surface area (Å²) in [4.78, 5) is 12.0. The molecule has 0 radical (unpaired) electrons. The number of hydrogen-bond acceptors (Lipinski definition) is 5. The number of nitrogens with zero attached hydrogens (tertiary/aromatic N) is 5. The Morgan fingerprint density at radius 1 is 1.09 bits per heavy atom. The molecule has 32 heavy (non-hydrogen) atoms. The second-order valence-electron chi connectivity index (χ2n) is 8.83. The van der Waals surface area contributed by atoms with Crippen LogP contribution in [-0.4, -0.2) is 78.7 Å². The number of piperidine rings is 1. The fourth-order valence-electron chi connectivity index (χ4n) is 4.66. The maximum Gasteiger partial charge on any atom is 0.193 e. The molecule has 2 fully saturated rings. The van der Waals surface area contributed by atoms with Gasteiger partial charge in [-0.25, -0.2) is 0 Å². The van der Waals surface area contributed by atoms with Crippen LogP contribution in [-0.2, 0) is 6.54 Å². The van der Waals surface area contributed by atoms with Gasteiger partial charge in [0.2, 0.25) is 0 Å². The number of nitrogens with one attached hydrogen (secondary N) is 1. The fraction of sp³-hybridized carbons (Fsp3) is 0.583. The van der Waals surface area contributed by atoms with E-state index in [9.17, 15) is 0 Å². The van der Waals surface area contributed by atoms with Gasteiger partial charge in [0.1, 0.15) is 6.26 Å². The molecule has 1 N–H and O–H groups in total. The topological polar surface area (TPSA) is 60.1 Å². The zero-order valence-corrected chi connectivity index (χ0v) is 21.7. The number of benzene rings is 1. The molecule has 0 spiro atoms. The molecular weight excluding hydrogens is 515 g/mol. The van der Waals surface area contributed by atoms with E-state index in [-0.39, 0.29) is 24.0 Å². The summed E-state index contributed by atoms with van der Waals surface area (Å²) in [5, 5.41) is 7.73. The lowest BCUT2D eigenvalue weighted by Crippen LogP contribution is -2.53. The largest absolute Gasteiger partial charge is 0.364 e. The van der Waals surface area contributed by atoms with E-state index in [0.29, 0.717) is 6.04 Å². The molecular formula is C24H37IN6O. The zero-order chi connectivity index (χ0) is 21.5. The Balaban J connectivity index is 0.00000289. The van der Waals surface area contributed by atoms with Crippen molar-refractivity contribution in [1.82, 2.24) is 25.2 Å². The van der Waals surface area contributed by atoms with Gasteiger partial charge < -0.3 is 14.7 Å². The Morgan fingerprint density at radius 3 is 2.44 bits per heavy atom. The average molecular weight is 553 g/mol. The van der Waals surface area contributed by atoms with E-state index in [1.54, 1.807) is 6.26 Å². The van der Waals surface area contributed by atoms with E-state index in [4.69, 9.17) is 4.52 Å². The first-order valence-electron chi connectivity index (χ1n) is 11.6. The Labute approximate surface area is 209 Å². The van der Waals surface area contributed by atoms with Gasteiger partial charge in [-0.3, -0.25) is 14.8 Å². The molecule has 7 nitrogen and oxygen atoms in total. The van der Waals surface area contributed by atoms with Crippen LogP contribution in [0.15, 0.2) is 52.2 Å². The quantitative estimate of drug-likeness (QED) is 0.337. The lowest BCUT2D eigenvalue weighted by molar-refractivity contribution is 0.136. The van der Waals surface area contributed by atoms with E-state index in [1.165, 1.54) is 31.5 Å². The van der Waals surface area contributed by atoms with Crippen molar-refractivity contribution < 1.29 is 4.52 Å². The van der Waals surface area contributed by atoms with E-state index >= 15 is 0 Å². The van der Waals surface area contributed by atoms with Crippen LogP contribution >= 0.6 is 24.0 Å². The number of hydrogen-bond donors (Lipinski definition) is 1.